The van der Waals surface area contributed by atoms with Crippen LogP contribution in [0.15, 0.2) is 0 Å². The van der Waals surface area contributed by atoms with Gasteiger partial charge in [-0.05, 0) is 12.8 Å². The van der Waals surface area contributed by atoms with Gasteiger partial charge in [-0.15, -0.1) is 12.3 Å². The molecule has 0 aromatic heterocycles. The average Bonchev–Trinajstić information content (AvgIpc) is 2.50. The Hall–Kier alpha value is -0.480. The molecule has 0 amide bonds. The van der Waals surface area contributed by atoms with Crippen LogP contribution in [0, 0.1) is 17.8 Å². The Labute approximate surface area is 49.7 Å². The highest BCUT2D eigenvalue weighted by molar-refractivity contribution is 5.02. The summed E-state index contributed by atoms with van der Waals surface area (Å²) in [6.07, 6.45) is 8.06. The maximum absolute atomic E-state index is 8.69. The van der Waals surface area contributed by atoms with Crippen molar-refractivity contribution in [1.82, 2.24) is 0 Å². The monoisotopic (exact) mass is 110 g/mol. The molecule has 0 aromatic carbocycles. The lowest BCUT2D eigenvalue weighted by molar-refractivity contribution is 0.215. The molecule has 1 aliphatic carbocycles. The lowest BCUT2D eigenvalue weighted by Crippen LogP contribution is -2.03. The van der Waals surface area contributed by atoms with Gasteiger partial charge in [0.15, 0.2) is 0 Å². The van der Waals surface area contributed by atoms with Gasteiger partial charge in [-0.25, -0.2) is 0 Å². The lowest BCUT2D eigenvalue weighted by Gasteiger charge is -2.03. The Kier molecular flexibility index (Phi) is 1.27. The first-order valence-corrected chi connectivity index (χ1v) is 2.87. The predicted octanol–water partition coefficient (Wildman–Crippen LogP) is 0.782. The van der Waals surface area contributed by atoms with Gasteiger partial charge in [-0.2, -0.15) is 0 Å². The zero-order chi connectivity index (χ0) is 6.04. The van der Waals surface area contributed by atoms with Gasteiger partial charge in [0.05, 0.1) is 0 Å². The summed E-state index contributed by atoms with van der Waals surface area (Å²) < 4.78 is 0. The van der Waals surface area contributed by atoms with Crippen molar-refractivity contribution in [3.05, 3.63) is 0 Å². The molecule has 1 nitrogen and oxygen atoms in total. The van der Waals surface area contributed by atoms with Crippen LogP contribution in [0.2, 0.25) is 0 Å². The first-order valence-electron chi connectivity index (χ1n) is 2.87. The summed E-state index contributed by atoms with van der Waals surface area (Å²) in [5.41, 5.74) is 0.161. The molecule has 0 aromatic rings. The smallest absolute Gasteiger partial charge is 0.0496 e. The van der Waals surface area contributed by atoms with Crippen molar-refractivity contribution in [2.75, 3.05) is 6.61 Å². The largest absolute Gasteiger partial charge is 0.396 e. The van der Waals surface area contributed by atoms with Crippen LogP contribution in [-0.4, -0.2) is 11.7 Å². The van der Waals surface area contributed by atoms with Crippen LogP contribution >= 0.6 is 0 Å². The second-order valence-corrected chi connectivity index (χ2v) is 2.54. The average molecular weight is 110 g/mol. The first-order chi connectivity index (χ1) is 3.83. The first kappa shape index (κ1) is 5.65. The van der Waals surface area contributed by atoms with Crippen LogP contribution in [0.25, 0.3) is 0 Å². The zero-order valence-corrected chi connectivity index (χ0v) is 4.85. The van der Waals surface area contributed by atoms with Gasteiger partial charge >= 0.3 is 0 Å². The number of hydrogen-bond acceptors (Lipinski definition) is 1. The van der Waals surface area contributed by atoms with Crippen molar-refractivity contribution in [2.45, 2.75) is 19.3 Å². The Balaban J connectivity index is 2.33. The quantitative estimate of drug-likeness (QED) is 0.521. The Morgan fingerprint density at radius 1 is 1.62 bits per heavy atom. The summed E-state index contributed by atoms with van der Waals surface area (Å²) in [7, 11) is 0. The van der Waals surface area contributed by atoms with E-state index in [1.165, 1.54) is 0 Å². The highest BCUT2D eigenvalue weighted by Gasteiger charge is 2.40. The van der Waals surface area contributed by atoms with Crippen LogP contribution in [0.3, 0.4) is 0 Å². The third-order valence-electron chi connectivity index (χ3n) is 1.77. The summed E-state index contributed by atoms with van der Waals surface area (Å²) >= 11 is 0. The van der Waals surface area contributed by atoms with Gasteiger partial charge in [-0.1, -0.05) is 0 Å². The van der Waals surface area contributed by atoms with Crippen molar-refractivity contribution >= 4 is 0 Å². The molecule has 8 heavy (non-hydrogen) atoms. The summed E-state index contributed by atoms with van der Waals surface area (Å²) in [5, 5.41) is 8.69. The topological polar surface area (TPSA) is 20.2 Å². The molecule has 1 N–H and O–H groups in total. The highest BCUT2D eigenvalue weighted by Crippen LogP contribution is 2.47. The van der Waals surface area contributed by atoms with Crippen molar-refractivity contribution in [3.8, 4) is 12.3 Å². The van der Waals surface area contributed by atoms with E-state index in [0.29, 0.717) is 0 Å². The molecule has 1 aliphatic rings. The molecule has 0 heterocycles. The van der Waals surface area contributed by atoms with Crippen LogP contribution in [-0.2, 0) is 0 Å². The maximum atomic E-state index is 8.69. The van der Waals surface area contributed by atoms with Gasteiger partial charge in [0.25, 0.3) is 0 Å². The molecule has 0 aliphatic heterocycles. The third kappa shape index (κ3) is 0.850. The van der Waals surface area contributed by atoms with E-state index in [2.05, 4.69) is 5.92 Å². The second kappa shape index (κ2) is 1.80. The highest BCUT2D eigenvalue weighted by atomic mass is 16.3. The van der Waals surface area contributed by atoms with Crippen LogP contribution < -0.4 is 0 Å². The molecule has 1 saturated carbocycles. The second-order valence-electron chi connectivity index (χ2n) is 2.54. The summed E-state index contributed by atoms with van der Waals surface area (Å²) in [6.45, 7) is 0.275. The maximum Gasteiger partial charge on any atom is 0.0496 e. The van der Waals surface area contributed by atoms with Crippen molar-refractivity contribution in [3.63, 3.8) is 0 Å². The van der Waals surface area contributed by atoms with Crippen molar-refractivity contribution < 1.29 is 5.11 Å². The van der Waals surface area contributed by atoms with Crippen LogP contribution in [0.1, 0.15) is 19.3 Å². The number of aliphatic hydroxyl groups excluding tert-OH is 1. The zero-order valence-electron chi connectivity index (χ0n) is 4.85. The van der Waals surface area contributed by atoms with Crippen molar-refractivity contribution in [1.29, 1.82) is 0 Å². The van der Waals surface area contributed by atoms with Crippen LogP contribution in [0.5, 0.6) is 0 Å². The molecular weight excluding hydrogens is 100 g/mol. The summed E-state index contributed by atoms with van der Waals surface area (Å²) in [5.74, 6) is 2.56. The Morgan fingerprint density at radius 3 is 2.38 bits per heavy atom. The molecule has 0 atom stereocenters. The van der Waals surface area contributed by atoms with Gasteiger partial charge in [0.1, 0.15) is 0 Å². The molecule has 0 radical (unpaired) electrons. The number of aliphatic hydroxyl groups is 1. The summed E-state index contributed by atoms with van der Waals surface area (Å²) in [6, 6.07) is 0. The summed E-state index contributed by atoms with van der Waals surface area (Å²) in [4.78, 5) is 0. The Morgan fingerprint density at radius 2 is 2.25 bits per heavy atom. The SMILES string of the molecule is C#CCC1(CO)CC1. The van der Waals surface area contributed by atoms with E-state index in [1.54, 1.807) is 0 Å². The van der Waals surface area contributed by atoms with E-state index >= 15 is 0 Å². The van der Waals surface area contributed by atoms with Crippen molar-refractivity contribution in [2.24, 2.45) is 5.41 Å². The molecule has 44 valence electrons. The molecule has 1 fully saturated rings. The van der Waals surface area contributed by atoms with E-state index in [4.69, 9.17) is 11.5 Å². The number of rotatable bonds is 2. The molecule has 0 unspecified atom stereocenters. The van der Waals surface area contributed by atoms with Gasteiger partial charge in [0, 0.05) is 18.4 Å². The standard InChI is InChI=1S/C7H10O/c1-2-3-7(6-8)4-5-7/h1,8H,3-6H2. The van der Waals surface area contributed by atoms with E-state index < -0.39 is 0 Å². The molecule has 1 heteroatoms. The fourth-order valence-corrected chi connectivity index (χ4v) is 0.784. The van der Waals surface area contributed by atoms with E-state index in [0.717, 1.165) is 19.3 Å². The van der Waals surface area contributed by atoms with Gasteiger partial charge < -0.3 is 5.11 Å². The van der Waals surface area contributed by atoms with Crippen LogP contribution in [0.4, 0.5) is 0 Å². The molecule has 0 saturated heterocycles. The molecule has 0 spiro atoms. The fraction of sp³-hybridized carbons (Fsp3) is 0.714. The number of hydrogen-bond donors (Lipinski definition) is 1. The van der Waals surface area contributed by atoms with Gasteiger partial charge in [-0.3, -0.25) is 0 Å². The lowest BCUT2D eigenvalue weighted by atomic mass is 10.1. The minimum atomic E-state index is 0.161. The molecular formula is C7H10O. The van der Waals surface area contributed by atoms with E-state index in [9.17, 15) is 0 Å². The fourth-order valence-electron chi connectivity index (χ4n) is 0.784. The van der Waals surface area contributed by atoms with E-state index in [1.807, 2.05) is 0 Å². The normalized spacial score (nSPS) is 22.0. The number of terminal acetylenes is 1. The predicted molar refractivity (Wildman–Crippen MR) is 32.2 cm³/mol. The third-order valence-corrected chi connectivity index (χ3v) is 1.77. The molecule has 0 bridgehead atoms. The minimum absolute atomic E-state index is 0.161. The van der Waals surface area contributed by atoms with Gasteiger partial charge in [0.2, 0.25) is 0 Å². The molecule has 1 rings (SSSR count). The van der Waals surface area contributed by atoms with E-state index in [-0.39, 0.29) is 12.0 Å². The minimum Gasteiger partial charge on any atom is -0.396 e. The Bertz CT molecular complexity index is 117.